The third-order valence-corrected chi connectivity index (χ3v) is 19.8. The first-order chi connectivity index (χ1) is 43.2. The normalized spacial score (nSPS) is 14.8. The van der Waals surface area contributed by atoms with Crippen LogP contribution in [0.15, 0.2) is 322 Å². The Labute approximate surface area is 504 Å². The summed E-state index contributed by atoms with van der Waals surface area (Å²) in [5.74, 6) is 0. The largest absolute Gasteiger partial charge is 0.310 e. The molecule has 0 saturated carbocycles. The maximum atomic E-state index is 2.58. The van der Waals surface area contributed by atoms with E-state index in [1.807, 2.05) is 0 Å². The Hall–Kier alpha value is -11.3. The minimum atomic E-state index is -0.643. The van der Waals surface area contributed by atoms with E-state index in [2.05, 4.69) is 336 Å². The van der Waals surface area contributed by atoms with Crippen molar-refractivity contribution in [3.8, 4) is 44.8 Å². The van der Waals surface area contributed by atoms with Gasteiger partial charge in [-0.1, -0.05) is 255 Å². The van der Waals surface area contributed by atoms with Crippen LogP contribution < -0.4 is 4.90 Å². The molecular weight excluding hydrogens is 1050 g/mol. The van der Waals surface area contributed by atoms with Gasteiger partial charge in [-0.3, -0.25) is 0 Å². The van der Waals surface area contributed by atoms with E-state index in [1.54, 1.807) is 0 Å². The number of anilines is 3. The SMILES string of the molecule is c1ccc(-n2c3ccccc3c3ccc(-c4ccc(N(c5ccc6c(c5)C5(c7ccccc7-6)c6ccccc6-n6c7ccccc7c7cccc5c76)c5cc6c(c7ccccc57)-c5ccccc5C6(c5ccccc5)c5ccccc5)cc4)cc32)cc1. The zero-order valence-electron chi connectivity index (χ0n) is 47.4. The molecule has 19 rings (SSSR count). The second-order valence-corrected chi connectivity index (χ2v) is 23.8. The average Bonchev–Trinajstić information content (AvgIpc) is 1.60. The second kappa shape index (κ2) is 18.1. The van der Waals surface area contributed by atoms with Crippen LogP contribution in [0, 0.1) is 0 Å². The first-order valence-corrected chi connectivity index (χ1v) is 30.3. The average molecular weight is 1100 g/mol. The van der Waals surface area contributed by atoms with Gasteiger partial charge in [0.05, 0.1) is 44.3 Å². The molecule has 3 heterocycles. The summed E-state index contributed by atoms with van der Waals surface area (Å²) in [4.78, 5) is 2.58. The van der Waals surface area contributed by atoms with E-state index < -0.39 is 10.8 Å². The summed E-state index contributed by atoms with van der Waals surface area (Å²) in [5, 5.41) is 7.43. The fourth-order valence-corrected chi connectivity index (χ4v) is 16.4. The van der Waals surface area contributed by atoms with Gasteiger partial charge < -0.3 is 14.0 Å². The summed E-state index contributed by atoms with van der Waals surface area (Å²) in [6.07, 6.45) is 0. The Bertz CT molecular complexity index is 5480. The Morgan fingerprint density at radius 2 is 0.782 bits per heavy atom. The van der Waals surface area contributed by atoms with Crippen LogP contribution in [-0.4, -0.2) is 9.13 Å². The molecule has 14 aromatic carbocycles. The lowest BCUT2D eigenvalue weighted by Gasteiger charge is -2.40. The molecule has 0 fully saturated rings. The molecule has 2 aliphatic carbocycles. The van der Waals surface area contributed by atoms with Crippen molar-refractivity contribution in [2.24, 2.45) is 0 Å². The monoisotopic (exact) mass is 1100 g/mol. The van der Waals surface area contributed by atoms with E-state index in [9.17, 15) is 0 Å². The highest BCUT2D eigenvalue weighted by atomic mass is 15.1. The van der Waals surface area contributed by atoms with Crippen molar-refractivity contribution in [2.75, 3.05) is 4.90 Å². The lowest BCUT2D eigenvalue weighted by atomic mass is 9.65. The highest BCUT2D eigenvalue weighted by molar-refractivity contribution is 6.15. The number of rotatable bonds is 7. The van der Waals surface area contributed by atoms with Crippen LogP contribution in [0.5, 0.6) is 0 Å². The van der Waals surface area contributed by atoms with Gasteiger partial charge in [0.25, 0.3) is 0 Å². The van der Waals surface area contributed by atoms with Crippen LogP contribution in [0.4, 0.5) is 17.1 Å². The Morgan fingerprint density at radius 3 is 1.52 bits per heavy atom. The summed E-state index contributed by atoms with van der Waals surface area (Å²) in [7, 11) is 0. The molecule has 87 heavy (non-hydrogen) atoms. The third kappa shape index (κ3) is 6.39. The maximum Gasteiger partial charge on any atom is 0.0755 e. The zero-order valence-corrected chi connectivity index (χ0v) is 47.4. The molecule has 0 saturated heterocycles. The molecule has 1 spiro atoms. The third-order valence-electron chi connectivity index (χ3n) is 19.8. The fourth-order valence-electron chi connectivity index (χ4n) is 16.4. The second-order valence-electron chi connectivity index (χ2n) is 23.8. The molecule has 3 heteroatoms. The topological polar surface area (TPSA) is 13.1 Å². The van der Waals surface area contributed by atoms with Crippen molar-refractivity contribution in [1.82, 2.24) is 9.13 Å². The maximum absolute atomic E-state index is 2.58. The summed E-state index contributed by atoms with van der Waals surface area (Å²) in [6, 6.07) is 121. The lowest BCUT2D eigenvalue weighted by molar-refractivity contribution is 0.748. The zero-order chi connectivity index (χ0) is 57.0. The van der Waals surface area contributed by atoms with Crippen LogP contribution >= 0.6 is 0 Å². The van der Waals surface area contributed by atoms with E-state index in [0.717, 1.165) is 33.9 Å². The Kier molecular flexibility index (Phi) is 10.0. The van der Waals surface area contributed by atoms with Gasteiger partial charge >= 0.3 is 0 Å². The highest BCUT2D eigenvalue weighted by Crippen LogP contribution is 2.63. The number of para-hydroxylation sites is 5. The fraction of sp³-hybridized carbons (Fsp3) is 0.0238. The number of fused-ring (bicyclic) bond motifs is 20. The van der Waals surface area contributed by atoms with Crippen molar-refractivity contribution in [3.05, 3.63) is 366 Å². The van der Waals surface area contributed by atoms with Crippen LogP contribution in [0.1, 0.15) is 44.5 Å². The van der Waals surface area contributed by atoms with Crippen molar-refractivity contribution < 1.29 is 0 Å². The lowest BCUT2D eigenvalue weighted by Crippen LogP contribution is -2.33. The molecule has 1 atom stereocenters. The number of aromatic nitrogens is 2. The molecule has 2 aromatic heterocycles. The summed E-state index contributed by atoms with van der Waals surface area (Å²) >= 11 is 0. The first kappa shape index (κ1) is 48.1. The van der Waals surface area contributed by atoms with Gasteiger partial charge in [-0.25, -0.2) is 0 Å². The molecule has 16 aromatic rings. The highest BCUT2D eigenvalue weighted by Gasteiger charge is 2.52. The smallest absolute Gasteiger partial charge is 0.0755 e. The molecule has 3 aliphatic rings. The van der Waals surface area contributed by atoms with Gasteiger partial charge in [-0.2, -0.15) is 0 Å². The van der Waals surface area contributed by atoms with Crippen molar-refractivity contribution in [1.29, 1.82) is 0 Å². The van der Waals surface area contributed by atoms with Gasteiger partial charge in [0, 0.05) is 44.0 Å². The van der Waals surface area contributed by atoms with Gasteiger partial charge in [0.15, 0.2) is 0 Å². The number of benzene rings is 14. The molecule has 0 N–H and O–H groups in total. The van der Waals surface area contributed by atoms with E-state index in [4.69, 9.17) is 0 Å². The van der Waals surface area contributed by atoms with E-state index in [-0.39, 0.29) is 0 Å². The van der Waals surface area contributed by atoms with Crippen molar-refractivity contribution in [2.45, 2.75) is 10.8 Å². The Morgan fingerprint density at radius 1 is 0.264 bits per heavy atom. The van der Waals surface area contributed by atoms with Crippen molar-refractivity contribution >= 4 is 71.4 Å². The number of nitrogens with zero attached hydrogens (tertiary/aromatic N) is 3. The summed E-state index contributed by atoms with van der Waals surface area (Å²) in [5.41, 5.74) is 26.8. The number of hydrogen-bond acceptors (Lipinski definition) is 1. The summed E-state index contributed by atoms with van der Waals surface area (Å²) < 4.78 is 4.95. The quantitative estimate of drug-likeness (QED) is 0.155. The minimum Gasteiger partial charge on any atom is -0.310 e. The molecule has 404 valence electrons. The van der Waals surface area contributed by atoms with Crippen molar-refractivity contribution in [3.63, 3.8) is 0 Å². The number of hydrogen-bond donors (Lipinski definition) is 0. The molecule has 3 nitrogen and oxygen atoms in total. The molecule has 1 aliphatic heterocycles. The van der Waals surface area contributed by atoms with Crippen LogP contribution in [0.3, 0.4) is 0 Å². The minimum absolute atomic E-state index is 0.629. The van der Waals surface area contributed by atoms with E-state index in [1.165, 1.54) is 127 Å². The molecule has 0 radical (unpaired) electrons. The molecule has 1 unspecified atom stereocenters. The van der Waals surface area contributed by atoms with Gasteiger partial charge in [0.1, 0.15) is 0 Å². The summed E-state index contributed by atoms with van der Waals surface area (Å²) in [6.45, 7) is 0. The van der Waals surface area contributed by atoms with Gasteiger partial charge in [0.2, 0.25) is 0 Å². The Balaban J connectivity index is 0.891. The van der Waals surface area contributed by atoms with E-state index in [0.29, 0.717) is 0 Å². The standard InChI is InChI=1S/C84H53N3/c1-4-23-56(24-5-1)83(57-25-6-2-7-26-57)71-37-17-13-34-69(71)81-67-33-11-10-31-64(67)80(53-75(81)83)85(59-46-43-54(44-47-59)55-45-49-66-63-30-14-19-40-76(63)86(79(66)51-55)58-27-8-3-9-28-58)60-48-50-62-61-29-12-16-36-70(61)84(74(62)52-60)72-38-18-21-42-78(72)87-77-41-20-15-32-65(77)68-35-22-39-73(84)82(68)87/h1-53H. The molecule has 0 bridgehead atoms. The first-order valence-electron chi connectivity index (χ1n) is 30.3. The predicted molar refractivity (Wildman–Crippen MR) is 361 cm³/mol. The van der Waals surface area contributed by atoms with Gasteiger partial charge in [-0.15, -0.1) is 0 Å². The van der Waals surface area contributed by atoms with Crippen LogP contribution in [0.2, 0.25) is 0 Å². The van der Waals surface area contributed by atoms with Crippen LogP contribution in [-0.2, 0) is 10.8 Å². The van der Waals surface area contributed by atoms with E-state index >= 15 is 0 Å². The molecular formula is C84H53N3. The molecule has 0 amide bonds. The predicted octanol–water partition coefficient (Wildman–Crippen LogP) is 21.2. The van der Waals surface area contributed by atoms with Gasteiger partial charge in [-0.05, 0) is 150 Å². The van der Waals surface area contributed by atoms with Crippen LogP contribution in [0.25, 0.3) is 99.1 Å².